The first-order valence-corrected chi connectivity index (χ1v) is 8.38. The zero-order valence-corrected chi connectivity index (χ0v) is 14.2. The maximum Gasteiger partial charge on any atom is 0.125 e. The van der Waals surface area contributed by atoms with Crippen LogP contribution in [0.4, 0.5) is 5.82 Å². The molecule has 0 aliphatic carbocycles. The van der Waals surface area contributed by atoms with Crippen LogP contribution in [-0.4, -0.2) is 36.1 Å². The standard InChI is InChI=1S/C18H31N3/c1-15(14-21-10-6-5-7-11-21)12-19-17-9-8-16(13-20-17)18(2,3)4/h8-9,13,15H,5-7,10-12,14H2,1-4H3,(H,19,20). The van der Waals surface area contributed by atoms with Gasteiger partial charge in [0, 0.05) is 19.3 Å². The predicted molar refractivity (Wildman–Crippen MR) is 90.9 cm³/mol. The van der Waals surface area contributed by atoms with Crippen LogP contribution >= 0.6 is 0 Å². The van der Waals surface area contributed by atoms with Gasteiger partial charge in [0.2, 0.25) is 0 Å². The predicted octanol–water partition coefficient (Wildman–Crippen LogP) is 3.91. The highest BCUT2D eigenvalue weighted by atomic mass is 15.1. The van der Waals surface area contributed by atoms with Crippen molar-refractivity contribution in [2.24, 2.45) is 5.92 Å². The molecule has 1 aromatic heterocycles. The van der Waals surface area contributed by atoms with Crippen LogP contribution in [0.1, 0.15) is 52.5 Å². The molecule has 0 saturated carbocycles. The molecule has 0 spiro atoms. The fourth-order valence-corrected chi connectivity index (χ4v) is 2.87. The van der Waals surface area contributed by atoms with Gasteiger partial charge in [-0.1, -0.05) is 40.2 Å². The quantitative estimate of drug-likeness (QED) is 0.890. The van der Waals surface area contributed by atoms with Gasteiger partial charge in [-0.2, -0.15) is 0 Å². The molecule has 3 heteroatoms. The van der Waals surface area contributed by atoms with Crippen molar-refractivity contribution in [1.29, 1.82) is 0 Å². The third-order valence-corrected chi connectivity index (χ3v) is 4.28. The van der Waals surface area contributed by atoms with Crippen LogP contribution < -0.4 is 5.32 Å². The molecular weight excluding hydrogens is 258 g/mol. The minimum atomic E-state index is 0.174. The van der Waals surface area contributed by atoms with Crippen molar-refractivity contribution in [1.82, 2.24) is 9.88 Å². The number of likely N-dealkylation sites (tertiary alicyclic amines) is 1. The van der Waals surface area contributed by atoms with Gasteiger partial charge >= 0.3 is 0 Å². The second kappa shape index (κ2) is 7.26. The highest BCUT2D eigenvalue weighted by molar-refractivity contribution is 5.37. The number of aromatic nitrogens is 1. The minimum Gasteiger partial charge on any atom is -0.370 e. The molecule has 2 heterocycles. The van der Waals surface area contributed by atoms with Crippen molar-refractivity contribution < 1.29 is 0 Å². The lowest BCUT2D eigenvalue weighted by Crippen LogP contribution is -2.35. The summed E-state index contributed by atoms with van der Waals surface area (Å²) in [6.07, 6.45) is 6.15. The summed E-state index contributed by atoms with van der Waals surface area (Å²) in [5.74, 6) is 1.65. The van der Waals surface area contributed by atoms with E-state index >= 15 is 0 Å². The number of hydrogen-bond acceptors (Lipinski definition) is 3. The van der Waals surface area contributed by atoms with Crippen LogP contribution in [0, 0.1) is 5.92 Å². The van der Waals surface area contributed by atoms with E-state index in [-0.39, 0.29) is 5.41 Å². The smallest absolute Gasteiger partial charge is 0.125 e. The van der Waals surface area contributed by atoms with Crippen molar-refractivity contribution in [2.45, 2.75) is 52.4 Å². The molecule has 1 aromatic rings. The van der Waals surface area contributed by atoms with E-state index in [4.69, 9.17) is 0 Å². The van der Waals surface area contributed by atoms with E-state index in [1.54, 1.807) is 0 Å². The Morgan fingerprint density at radius 2 is 1.90 bits per heavy atom. The molecule has 0 radical (unpaired) electrons. The number of pyridine rings is 1. The van der Waals surface area contributed by atoms with Gasteiger partial charge in [-0.05, 0) is 48.9 Å². The van der Waals surface area contributed by atoms with Gasteiger partial charge in [-0.25, -0.2) is 4.98 Å². The fraction of sp³-hybridized carbons (Fsp3) is 0.722. The first kappa shape index (κ1) is 16.3. The van der Waals surface area contributed by atoms with Gasteiger partial charge in [0.1, 0.15) is 5.82 Å². The number of piperidine rings is 1. The Hall–Kier alpha value is -1.09. The maximum atomic E-state index is 4.54. The number of rotatable bonds is 5. The summed E-state index contributed by atoms with van der Waals surface area (Å²) < 4.78 is 0. The number of nitrogens with one attached hydrogen (secondary N) is 1. The van der Waals surface area contributed by atoms with Crippen molar-refractivity contribution >= 4 is 5.82 Å². The molecule has 21 heavy (non-hydrogen) atoms. The summed E-state index contributed by atoms with van der Waals surface area (Å²) in [6.45, 7) is 13.7. The van der Waals surface area contributed by atoms with Gasteiger partial charge < -0.3 is 10.2 Å². The van der Waals surface area contributed by atoms with Crippen LogP contribution in [0.2, 0.25) is 0 Å². The molecule has 0 aromatic carbocycles. The lowest BCUT2D eigenvalue weighted by atomic mass is 9.88. The second-order valence-corrected chi connectivity index (χ2v) is 7.53. The Labute approximate surface area is 130 Å². The van der Waals surface area contributed by atoms with Gasteiger partial charge in [0.15, 0.2) is 0 Å². The Balaban J connectivity index is 1.76. The van der Waals surface area contributed by atoms with E-state index in [0.29, 0.717) is 5.92 Å². The largest absolute Gasteiger partial charge is 0.370 e. The van der Waals surface area contributed by atoms with Crippen molar-refractivity contribution in [3.8, 4) is 0 Å². The molecule has 0 amide bonds. The summed E-state index contributed by atoms with van der Waals surface area (Å²) >= 11 is 0. The summed E-state index contributed by atoms with van der Waals surface area (Å²) in [4.78, 5) is 7.14. The molecule has 118 valence electrons. The van der Waals surface area contributed by atoms with Gasteiger partial charge in [-0.3, -0.25) is 0 Å². The Bertz CT molecular complexity index is 413. The molecule has 1 aliphatic heterocycles. The zero-order valence-electron chi connectivity index (χ0n) is 14.2. The molecule has 1 aliphatic rings. The van der Waals surface area contributed by atoms with Crippen LogP contribution in [0.3, 0.4) is 0 Å². The summed E-state index contributed by atoms with van der Waals surface area (Å²) in [7, 11) is 0. The van der Waals surface area contributed by atoms with E-state index in [2.05, 4.69) is 55.0 Å². The molecule has 1 fully saturated rings. The van der Waals surface area contributed by atoms with E-state index in [1.165, 1.54) is 44.5 Å². The van der Waals surface area contributed by atoms with E-state index < -0.39 is 0 Å². The Kier molecular flexibility index (Phi) is 5.63. The first-order chi connectivity index (χ1) is 9.95. The monoisotopic (exact) mass is 289 g/mol. The summed E-state index contributed by atoms with van der Waals surface area (Å²) in [6, 6.07) is 4.29. The molecule has 1 atom stereocenters. The summed E-state index contributed by atoms with van der Waals surface area (Å²) in [5.41, 5.74) is 1.46. The number of anilines is 1. The number of hydrogen-bond donors (Lipinski definition) is 1. The van der Waals surface area contributed by atoms with Gasteiger partial charge in [0.05, 0.1) is 0 Å². The minimum absolute atomic E-state index is 0.174. The molecule has 3 nitrogen and oxygen atoms in total. The summed E-state index contributed by atoms with van der Waals surface area (Å²) in [5, 5.41) is 3.47. The fourth-order valence-electron chi connectivity index (χ4n) is 2.87. The Morgan fingerprint density at radius 1 is 1.19 bits per heavy atom. The lowest BCUT2D eigenvalue weighted by molar-refractivity contribution is 0.204. The van der Waals surface area contributed by atoms with Crippen LogP contribution in [0.25, 0.3) is 0 Å². The maximum absolute atomic E-state index is 4.54. The van der Waals surface area contributed by atoms with Crippen LogP contribution in [-0.2, 0) is 5.41 Å². The molecular formula is C18H31N3. The third kappa shape index (κ3) is 5.31. The van der Waals surface area contributed by atoms with E-state index in [9.17, 15) is 0 Å². The topological polar surface area (TPSA) is 28.2 Å². The molecule has 1 N–H and O–H groups in total. The van der Waals surface area contributed by atoms with Gasteiger partial charge in [0.25, 0.3) is 0 Å². The Morgan fingerprint density at radius 3 is 2.48 bits per heavy atom. The average Bonchev–Trinajstić information content (AvgIpc) is 2.46. The van der Waals surface area contributed by atoms with Crippen molar-refractivity contribution in [2.75, 3.05) is 31.5 Å². The average molecular weight is 289 g/mol. The first-order valence-electron chi connectivity index (χ1n) is 8.38. The SMILES string of the molecule is CC(CNc1ccc(C(C)(C)C)cn1)CN1CCCCC1. The molecule has 1 unspecified atom stereocenters. The van der Waals surface area contributed by atoms with Crippen LogP contribution in [0.5, 0.6) is 0 Å². The molecule has 2 rings (SSSR count). The molecule has 0 bridgehead atoms. The lowest BCUT2D eigenvalue weighted by Gasteiger charge is -2.29. The zero-order chi connectivity index (χ0) is 15.3. The van der Waals surface area contributed by atoms with Crippen LogP contribution in [0.15, 0.2) is 18.3 Å². The van der Waals surface area contributed by atoms with Crippen molar-refractivity contribution in [3.63, 3.8) is 0 Å². The van der Waals surface area contributed by atoms with E-state index in [1.807, 2.05) is 6.20 Å². The molecule has 1 saturated heterocycles. The number of nitrogens with zero attached hydrogens (tertiary/aromatic N) is 2. The normalized spacial score (nSPS) is 18.5. The van der Waals surface area contributed by atoms with Gasteiger partial charge in [-0.15, -0.1) is 0 Å². The highest BCUT2D eigenvalue weighted by Gasteiger charge is 2.15. The third-order valence-electron chi connectivity index (χ3n) is 4.28. The van der Waals surface area contributed by atoms with E-state index in [0.717, 1.165) is 12.4 Å². The van der Waals surface area contributed by atoms with Crippen molar-refractivity contribution in [3.05, 3.63) is 23.9 Å². The second-order valence-electron chi connectivity index (χ2n) is 7.53. The highest BCUT2D eigenvalue weighted by Crippen LogP contribution is 2.22.